The van der Waals surface area contributed by atoms with Gasteiger partial charge in [-0.2, -0.15) is 8.42 Å². The molecule has 7 nitrogen and oxygen atoms in total. The summed E-state index contributed by atoms with van der Waals surface area (Å²) in [6.07, 6.45) is 0. The van der Waals surface area contributed by atoms with E-state index in [-0.39, 0.29) is 45.8 Å². The molecule has 182 valence electrons. The minimum atomic E-state index is -4.21. The standard InChI is InChI=1S/C23H30Cl2N2O5S/c1-6-26(7-2)18-9-8-17(14-27(16(3)4)23(28)15-31-5)22(12-18)32-33(29,30)19-10-11-20(24)21(25)13-19/h8-13,16H,6-7,14-15H2,1-5H3. The fraction of sp³-hybridized carbons (Fsp3) is 0.435. The first-order valence-corrected chi connectivity index (χ1v) is 12.8. The third-order valence-corrected chi connectivity index (χ3v) is 7.08. The third-order valence-electron chi connectivity index (χ3n) is 5.11. The van der Waals surface area contributed by atoms with Crippen molar-refractivity contribution in [3.05, 3.63) is 52.0 Å². The summed E-state index contributed by atoms with van der Waals surface area (Å²) in [5, 5.41) is 0.346. The van der Waals surface area contributed by atoms with E-state index >= 15 is 0 Å². The number of hydrogen-bond donors (Lipinski definition) is 0. The molecule has 1 amide bonds. The molecule has 0 saturated carbocycles. The highest BCUT2D eigenvalue weighted by Crippen LogP contribution is 2.32. The van der Waals surface area contributed by atoms with Crippen molar-refractivity contribution < 1.29 is 22.1 Å². The van der Waals surface area contributed by atoms with Gasteiger partial charge in [0.1, 0.15) is 17.3 Å². The highest BCUT2D eigenvalue weighted by atomic mass is 35.5. The summed E-state index contributed by atoms with van der Waals surface area (Å²) in [5.74, 6) is -0.0695. The second kappa shape index (κ2) is 11.9. The number of carbonyl (C=O) groups excluding carboxylic acids is 1. The number of rotatable bonds is 11. The van der Waals surface area contributed by atoms with Gasteiger partial charge in [-0.1, -0.05) is 29.3 Å². The summed E-state index contributed by atoms with van der Waals surface area (Å²) in [5.41, 5.74) is 1.36. The maximum absolute atomic E-state index is 13.1. The minimum Gasteiger partial charge on any atom is -0.379 e. The van der Waals surface area contributed by atoms with Crippen molar-refractivity contribution in [3.63, 3.8) is 0 Å². The summed E-state index contributed by atoms with van der Waals surface area (Å²) in [6.45, 7) is 9.33. The zero-order valence-corrected chi connectivity index (χ0v) is 21.8. The quantitative estimate of drug-likeness (QED) is 0.391. The molecule has 0 fully saturated rings. The summed E-state index contributed by atoms with van der Waals surface area (Å²) < 4.78 is 36.7. The van der Waals surface area contributed by atoms with Crippen LogP contribution in [0.4, 0.5) is 5.69 Å². The smallest absolute Gasteiger partial charge is 0.339 e. The number of ether oxygens (including phenoxy) is 1. The number of carbonyl (C=O) groups is 1. The topological polar surface area (TPSA) is 76.2 Å². The van der Waals surface area contributed by atoms with Crippen LogP contribution >= 0.6 is 23.2 Å². The van der Waals surface area contributed by atoms with E-state index in [1.165, 1.54) is 25.3 Å². The molecule has 0 bridgehead atoms. The Kier molecular flexibility index (Phi) is 9.84. The van der Waals surface area contributed by atoms with Crippen LogP contribution in [0.2, 0.25) is 10.0 Å². The van der Waals surface area contributed by atoms with E-state index < -0.39 is 10.1 Å². The molecule has 0 N–H and O–H groups in total. The van der Waals surface area contributed by atoms with Crippen LogP contribution in [-0.4, -0.2) is 52.1 Å². The number of nitrogens with zero attached hydrogens (tertiary/aromatic N) is 2. The summed E-state index contributed by atoms with van der Waals surface area (Å²) in [4.78, 5) is 16.1. The van der Waals surface area contributed by atoms with E-state index in [1.54, 1.807) is 17.0 Å². The summed E-state index contributed by atoms with van der Waals surface area (Å²) in [7, 11) is -2.76. The number of methoxy groups -OCH3 is 1. The van der Waals surface area contributed by atoms with Crippen molar-refractivity contribution in [1.82, 2.24) is 4.90 Å². The maximum atomic E-state index is 13.1. The van der Waals surface area contributed by atoms with Gasteiger partial charge in [0.15, 0.2) is 0 Å². The van der Waals surface area contributed by atoms with Crippen LogP contribution in [0.3, 0.4) is 0 Å². The van der Waals surface area contributed by atoms with Gasteiger partial charge in [0, 0.05) is 50.1 Å². The fourth-order valence-corrected chi connectivity index (χ4v) is 4.63. The van der Waals surface area contributed by atoms with Gasteiger partial charge >= 0.3 is 10.1 Å². The highest BCUT2D eigenvalue weighted by molar-refractivity contribution is 7.87. The minimum absolute atomic E-state index is 0.0759. The van der Waals surface area contributed by atoms with Crippen molar-refractivity contribution in [3.8, 4) is 5.75 Å². The first-order chi connectivity index (χ1) is 15.5. The zero-order chi connectivity index (χ0) is 24.8. The molecule has 0 saturated heterocycles. The predicted octanol–water partition coefficient (Wildman–Crippen LogP) is 4.99. The van der Waals surface area contributed by atoms with E-state index in [4.69, 9.17) is 32.1 Å². The molecule has 0 radical (unpaired) electrons. The molecule has 0 aliphatic carbocycles. The van der Waals surface area contributed by atoms with Crippen molar-refractivity contribution in [1.29, 1.82) is 0 Å². The Hall–Kier alpha value is -2.00. The van der Waals surface area contributed by atoms with Crippen LogP contribution < -0.4 is 9.08 Å². The average molecular weight is 517 g/mol. The van der Waals surface area contributed by atoms with Gasteiger partial charge in [0.25, 0.3) is 0 Å². The number of amides is 1. The molecule has 0 atom stereocenters. The van der Waals surface area contributed by atoms with Crippen LogP contribution in [0.25, 0.3) is 0 Å². The Morgan fingerprint density at radius 1 is 1.03 bits per heavy atom. The van der Waals surface area contributed by atoms with Gasteiger partial charge in [-0.3, -0.25) is 4.79 Å². The van der Waals surface area contributed by atoms with E-state index in [2.05, 4.69) is 4.90 Å². The molecular weight excluding hydrogens is 487 g/mol. The lowest BCUT2D eigenvalue weighted by atomic mass is 10.1. The van der Waals surface area contributed by atoms with E-state index in [0.29, 0.717) is 5.56 Å². The Balaban J connectivity index is 2.52. The lowest BCUT2D eigenvalue weighted by Crippen LogP contribution is -2.38. The number of anilines is 1. The van der Waals surface area contributed by atoms with Gasteiger partial charge in [-0.25, -0.2) is 0 Å². The molecular formula is C23H30Cl2N2O5S. The van der Waals surface area contributed by atoms with E-state index in [1.807, 2.05) is 33.8 Å². The van der Waals surface area contributed by atoms with Crippen molar-refractivity contribution >= 4 is 44.9 Å². The Morgan fingerprint density at radius 3 is 2.24 bits per heavy atom. The average Bonchev–Trinajstić information content (AvgIpc) is 2.75. The fourth-order valence-electron chi connectivity index (χ4n) is 3.28. The van der Waals surface area contributed by atoms with Gasteiger partial charge < -0.3 is 18.7 Å². The van der Waals surface area contributed by atoms with E-state index in [9.17, 15) is 13.2 Å². The lowest BCUT2D eigenvalue weighted by Gasteiger charge is -2.28. The van der Waals surface area contributed by atoms with Crippen LogP contribution in [0.5, 0.6) is 5.75 Å². The Labute approximate surface area is 206 Å². The van der Waals surface area contributed by atoms with Crippen molar-refractivity contribution in [2.24, 2.45) is 0 Å². The third kappa shape index (κ3) is 6.99. The second-order valence-electron chi connectivity index (χ2n) is 7.63. The molecule has 0 unspecified atom stereocenters. The summed E-state index contributed by atoms with van der Waals surface area (Å²) in [6, 6.07) is 9.20. The number of halogens is 2. The van der Waals surface area contributed by atoms with Gasteiger partial charge in [0.05, 0.1) is 10.0 Å². The van der Waals surface area contributed by atoms with Crippen LogP contribution in [0.1, 0.15) is 33.3 Å². The first-order valence-electron chi connectivity index (χ1n) is 10.6. The van der Waals surface area contributed by atoms with Crippen LogP contribution in [0.15, 0.2) is 41.3 Å². The zero-order valence-electron chi connectivity index (χ0n) is 19.5. The van der Waals surface area contributed by atoms with E-state index in [0.717, 1.165) is 18.8 Å². The normalized spacial score (nSPS) is 11.5. The molecule has 2 aromatic carbocycles. The maximum Gasteiger partial charge on any atom is 0.339 e. The molecule has 0 spiro atoms. The highest BCUT2D eigenvalue weighted by Gasteiger charge is 2.24. The van der Waals surface area contributed by atoms with Gasteiger partial charge in [-0.15, -0.1) is 0 Å². The van der Waals surface area contributed by atoms with Crippen LogP contribution in [-0.2, 0) is 26.2 Å². The lowest BCUT2D eigenvalue weighted by molar-refractivity contribution is -0.137. The number of benzene rings is 2. The summed E-state index contributed by atoms with van der Waals surface area (Å²) >= 11 is 11.9. The van der Waals surface area contributed by atoms with Crippen molar-refractivity contribution in [2.45, 2.75) is 45.2 Å². The van der Waals surface area contributed by atoms with Crippen LogP contribution in [0, 0.1) is 0 Å². The van der Waals surface area contributed by atoms with Gasteiger partial charge in [0.2, 0.25) is 5.91 Å². The molecule has 2 aromatic rings. The molecule has 0 aliphatic heterocycles. The Bertz CT molecular complexity index is 1070. The number of hydrogen-bond acceptors (Lipinski definition) is 6. The largest absolute Gasteiger partial charge is 0.379 e. The van der Waals surface area contributed by atoms with Gasteiger partial charge in [-0.05, 0) is 52.0 Å². The predicted molar refractivity (Wildman–Crippen MR) is 132 cm³/mol. The Morgan fingerprint density at radius 2 is 1.70 bits per heavy atom. The monoisotopic (exact) mass is 516 g/mol. The molecule has 10 heteroatoms. The molecule has 0 heterocycles. The molecule has 2 rings (SSSR count). The SMILES string of the molecule is CCN(CC)c1ccc(CN(C(=O)COC)C(C)C)c(OS(=O)(=O)c2ccc(Cl)c(Cl)c2)c1. The first kappa shape index (κ1) is 27.2. The molecule has 0 aromatic heterocycles. The molecule has 33 heavy (non-hydrogen) atoms. The molecule has 0 aliphatic rings. The van der Waals surface area contributed by atoms with Crippen molar-refractivity contribution in [2.75, 3.05) is 31.7 Å². The second-order valence-corrected chi connectivity index (χ2v) is 9.99.